The van der Waals surface area contributed by atoms with Gasteiger partial charge in [0, 0.05) is 0 Å². The molecule has 0 unspecified atom stereocenters. The van der Waals surface area contributed by atoms with E-state index in [9.17, 15) is 0 Å². The molecule has 0 bridgehead atoms. The SMILES string of the molecule is Cc1ccccc1-c1c(N)n[nH]c1-c1cc(C)c(Br)s1. The molecular weight excluding hydrogens is 334 g/mol. The molecule has 0 aliphatic rings. The molecule has 0 aliphatic heterocycles. The van der Waals surface area contributed by atoms with Crippen LogP contribution < -0.4 is 5.73 Å². The third-order valence-electron chi connectivity index (χ3n) is 3.31. The van der Waals surface area contributed by atoms with Gasteiger partial charge in [-0.15, -0.1) is 11.3 Å². The van der Waals surface area contributed by atoms with Crippen molar-refractivity contribution >= 4 is 33.1 Å². The monoisotopic (exact) mass is 347 g/mol. The lowest BCUT2D eigenvalue weighted by molar-refractivity contribution is 1.11. The molecule has 3 rings (SSSR count). The van der Waals surface area contributed by atoms with Crippen LogP contribution in [0.5, 0.6) is 0 Å². The maximum absolute atomic E-state index is 6.08. The molecular formula is C15H14BrN3S. The summed E-state index contributed by atoms with van der Waals surface area (Å²) in [5.74, 6) is 0.538. The van der Waals surface area contributed by atoms with Crippen LogP contribution in [0.25, 0.3) is 21.7 Å². The number of nitrogens with one attached hydrogen (secondary N) is 1. The standard InChI is InChI=1S/C15H14BrN3S/c1-8-5-3-4-6-10(8)12-13(18-19-15(12)17)11-7-9(2)14(16)20-11/h3-7H,1-2H3,(H3,17,18,19). The van der Waals surface area contributed by atoms with E-state index in [1.54, 1.807) is 11.3 Å². The zero-order chi connectivity index (χ0) is 14.3. The first kappa shape index (κ1) is 13.4. The quantitative estimate of drug-likeness (QED) is 0.701. The number of anilines is 1. The van der Waals surface area contributed by atoms with Crippen LogP contribution >= 0.6 is 27.3 Å². The van der Waals surface area contributed by atoms with Crippen molar-refractivity contribution in [2.24, 2.45) is 0 Å². The van der Waals surface area contributed by atoms with Crippen LogP contribution in [0.3, 0.4) is 0 Å². The van der Waals surface area contributed by atoms with Crippen molar-refractivity contribution in [1.82, 2.24) is 10.2 Å². The summed E-state index contributed by atoms with van der Waals surface area (Å²) < 4.78 is 1.14. The molecule has 0 saturated heterocycles. The third kappa shape index (κ3) is 2.17. The van der Waals surface area contributed by atoms with Crippen LogP contribution in [0.2, 0.25) is 0 Å². The van der Waals surface area contributed by atoms with Gasteiger partial charge in [0.2, 0.25) is 0 Å². The Balaban J connectivity index is 2.23. The molecule has 102 valence electrons. The molecule has 1 aromatic carbocycles. The number of aryl methyl sites for hydroxylation is 2. The number of thiophene rings is 1. The predicted octanol–water partition coefficient (Wildman–Crippen LogP) is 4.77. The fourth-order valence-corrected chi connectivity index (χ4v) is 3.78. The molecule has 3 N–H and O–H groups in total. The molecule has 0 spiro atoms. The predicted molar refractivity (Wildman–Crippen MR) is 88.9 cm³/mol. The van der Waals surface area contributed by atoms with Gasteiger partial charge < -0.3 is 5.73 Å². The first-order chi connectivity index (χ1) is 9.58. The van der Waals surface area contributed by atoms with Gasteiger partial charge in [0.05, 0.1) is 19.9 Å². The lowest BCUT2D eigenvalue weighted by atomic mass is 9.99. The number of benzene rings is 1. The maximum atomic E-state index is 6.08. The fraction of sp³-hybridized carbons (Fsp3) is 0.133. The van der Waals surface area contributed by atoms with Crippen molar-refractivity contribution in [2.45, 2.75) is 13.8 Å². The Labute approximate surface area is 130 Å². The van der Waals surface area contributed by atoms with E-state index >= 15 is 0 Å². The van der Waals surface area contributed by atoms with E-state index in [2.05, 4.69) is 58.2 Å². The van der Waals surface area contributed by atoms with Crippen molar-refractivity contribution in [1.29, 1.82) is 0 Å². The summed E-state index contributed by atoms with van der Waals surface area (Å²) >= 11 is 5.25. The van der Waals surface area contributed by atoms with Gasteiger partial charge in [0.15, 0.2) is 5.82 Å². The highest BCUT2D eigenvalue weighted by atomic mass is 79.9. The first-order valence-electron chi connectivity index (χ1n) is 6.24. The molecule has 2 aromatic heterocycles. The van der Waals surface area contributed by atoms with Gasteiger partial charge in [0.1, 0.15) is 0 Å². The molecule has 0 atom stereocenters. The highest BCUT2D eigenvalue weighted by Gasteiger charge is 2.18. The van der Waals surface area contributed by atoms with Crippen molar-refractivity contribution < 1.29 is 0 Å². The number of nitrogens with two attached hydrogens (primary N) is 1. The van der Waals surface area contributed by atoms with E-state index in [1.807, 2.05) is 12.1 Å². The highest BCUT2D eigenvalue weighted by molar-refractivity contribution is 9.11. The Bertz CT molecular complexity index is 754. The summed E-state index contributed by atoms with van der Waals surface area (Å²) in [5, 5.41) is 7.26. The zero-order valence-corrected chi connectivity index (χ0v) is 13.6. The Morgan fingerprint density at radius 1 is 1.20 bits per heavy atom. The van der Waals surface area contributed by atoms with Crippen molar-refractivity contribution in [3.63, 3.8) is 0 Å². The van der Waals surface area contributed by atoms with Gasteiger partial charge in [-0.2, -0.15) is 5.10 Å². The number of nitrogens with zero attached hydrogens (tertiary/aromatic N) is 1. The second-order valence-corrected chi connectivity index (χ2v) is 7.11. The number of hydrogen-bond donors (Lipinski definition) is 2. The molecule has 0 aliphatic carbocycles. The van der Waals surface area contributed by atoms with Crippen LogP contribution in [0, 0.1) is 13.8 Å². The summed E-state index contributed by atoms with van der Waals surface area (Å²) in [7, 11) is 0. The molecule has 5 heteroatoms. The molecule has 3 nitrogen and oxygen atoms in total. The third-order valence-corrected chi connectivity index (χ3v) is 5.47. The number of hydrogen-bond acceptors (Lipinski definition) is 3. The summed E-state index contributed by atoms with van der Waals surface area (Å²) in [4.78, 5) is 1.14. The van der Waals surface area contributed by atoms with Crippen LogP contribution in [0.1, 0.15) is 11.1 Å². The number of rotatable bonds is 2. The van der Waals surface area contributed by atoms with Crippen molar-refractivity contribution in [3.05, 3.63) is 45.2 Å². The molecule has 20 heavy (non-hydrogen) atoms. The van der Waals surface area contributed by atoms with E-state index in [1.165, 1.54) is 11.1 Å². The van der Waals surface area contributed by atoms with Crippen molar-refractivity contribution in [2.75, 3.05) is 5.73 Å². The van der Waals surface area contributed by atoms with Crippen molar-refractivity contribution in [3.8, 4) is 21.7 Å². The van der Waals surface area contributed by atoms with Crippen LogP contribution in [-0.4, -0.2) is 10.2 Å². The Hall–Kier alpha value is -1.59. The smallest absolute Gasteiger partial charge is 0.153 e. The molecule has 2 heterocycles. The molecule has 0 saturated carbocycles. The molecule has 0 fully saturated rings. The second kappa shape index (κ2) is 5.07. The van der Waals surface area contributed by atoms with Crippen LogP contribution in [0.15, 0.2) is 34.1 Å². The molecule has 3 aromatic rings. The van der Waals surface area contributed by atoms with Gasteiger partial charge in [-0.1, -0.05) is 24.3 Å². The fourth-order valence-electron chi connectivity index (χ4n) is 2.24. The maximum Gasteiger partial charge on any atom is 0.153 e. The second-order valence-electron chi connectivity index (χ2n) is 4.74. The van der Waals surface area contributed by atoms with E-state index < -0.39 is 0 Å². The summed E-state index contributed by atoms with van der Waals surface area (Å²) in [6, 6.07) is 10.4. The number of nitrogen functional groups attached to an aromatic ring is 1. The Morgan fingerprint density at radius 3 is 2.60 bits per heavy atom. The van der Waals surface area contributed by atoms with E-state index in [4.69, 9.17) is 5.73 Å². The van der Waals surface area contributed by atoms with Gasteiger partial charge in [-0.25, -0.2) is 0 Å². The average molecular weight is 348 g/mol. The van der Waals surface area contributed by atoms with Gasteiger partial charge >= 0.3 is 0 Å². The summed E-state index contributed by atoms with van der Waals surface area (Å²) in [6.07, 6.45) is 0. The van der Waals surface area contributed by atoms with Gasteiger partial charge in [-0.3, -0.25) is 5.10 Å². The largest absolute Gasteiger partial charge is 0.382 e. The zero-order valence-electron chi connectivity index (χ0n) is 11.2. The lowest BCUT2D eigenvalue weighted by Gasteiger charge is -2.06. The van der Waals surface area contributed by atoms with E-state index in [0.717, 1.165) is 25.5 Å². The minimum atomic E-state index is 0.538. The minimum absolute atomic E-state index is 0.538. The van der Waals surface area contributed by atoms with Crippen LogP contribution in [0.4, 0.5) is 5.82 Å². The Kier molecular flexibility index (Phi) is 3.40. The van der Waals surface area contributed by atoms with Crippen LogP contribution in [-0.2, 0) is 0 Å². The molecule has 0 radical (unpaired) electrons. The summed E-state index contributed by atoms with van der Waals surface area (Å²) in [6.45, 7) is 4.17. The number of H-pyrrole nitrogens is 1. The van der Waals surface area contributed by atoms with E-state index in [-0.39, 0.29) is 0 Å². The minimum Gasteiger partial charge on any atom is -0.382 e. The topological polar surface area (TPSA) is 54.7 Å². The summed E-state index contributed by atoms with van der Waals surface area (Å²) in [5.41, 5.74) is 11.6. The first-order valence-corrected chi connectivity index (χ1v) is 7.85. The van der Waals surface area contributed by atoms with Gasteiger partial charge in [0.25, 0.3) is 0 Å². The van der Waals surface area contributed by atoms with Gasteiger partial charge in [-0.05, 0) is 52.5 Å². The lowest BCUT2D eigenvalue weighted by Crippen LogP contribution is -1.90. The molecule has 0 amide bonds. The number of aromatic amines is 1. The normalized spacial score (nSPS) is 10.9. The van der Waals surface area contributed by atoms with E-state index in [0.29, 0.717) is 5.82 Å². The average Bonchev–Trinajstić information content (AvgIpc) is 2.94. The number of halogens is 1. The Morgan fingerprint density at radius 2 is 1.95 bits per heavy atom. The number of aromatic nitrogens is 2. The highest BCUT2D eigenvalue weighted by Crippen LogP contribution is 2.41.